The van der Waals surface area contributed by atoms with Crippen LogP contribution in [0.15, 0.2) is 239 Å². The summed E-state index contributed by atoms with van der Waals surface area (Å²) in [6, 6.07) is 83.7. The van der Waals surface area contributed by atoms with Crippen LogP contribution in [0.5, 0.6) is 0 Å². The van der Waals surface area contributed by atoms with E-state index in [0.717, 1.165) is 88.8 Å². The minimum atomic E-state index is 0.847. The van der Waals surface area contributed by atoms with Crippen LogP contribution < -0.4 is 9.80 Å². The van der Waals surface area contributed by atoms with Crippen LogP contribution in [0.4, 0.5) is 34.1 Å². The maximum atomic E-state index is 6.64. The maximum absolute atomic E-state index is 6.64. The molecule has 0 bridgehead atoms. The Morgan fingerprint density at radius 1 is 0.236 bits per heavy atom. The van der Waals surface area contributed by atoms with Gasteiger partial charge in [-0.15, -0.1) is 22.7 Å². The summed E-state index contributed by atoms with van der Waals surface area (Å²) >= 11 is 3.72. The van der Waals surface area contributed by atoms with Crippen LogP contribution in [0.2, 0.25) is 0 Å². The van der Waals surface area contributed by atoms with Crippen LogP contribution in [0.3, 0.4) is 0 Å². The Morgan fingerprint density at radius 2 is 0.639 bits per heavy atom. The molecule has 4 nitrogen and oxygen atoms in total. The number of nitrogens with zero attached hydrogens (tertiary/aromatic N) is 2. The Bertz CT molecular complexity index is 4590. The number of rotatable bonds is 6. The first-order valence-electron chi connectivity index (χ1n) is 24.3. The van der Waals surface area contributed by atoms with Crippen molar-refractivity contribution in [3.63, 3.8) is 0 Å². The van der Waals surface area contributed by atoms with Gasteiger partial charge in [0.25, 0.3) is 0 Å². The monoisotopic (exact) mass is 954 g/mol. The normalized spacial score (nSPS) is 12.2. The predicted molar refractivity (Wildman–Crippen MR) is 309 cm³/mol. The number of fused-ring (bicyclic) bond motifs is 17. The van der Waals surface area contributed by atoms with Gasteiger partial charge in [-0.1, -0.05) is 109 Å². The van der Waals surface area contributed by atoms with Gasteiger partial charge in [0.15, 0.2) is 0 Å². The molecule has 0 radical (unpaired) electrons. The van der Waals surface area contributed by atoms with Gasteiger partial charge in [0.2, 0.25) is 0 Å². The molecule has 0 aliphatic carbocycles. The molecule has 0 aliphatic rings. The van der Waals surface area contributed by atoms with Gasteiger partial charge in [0, 0.05) is 96.0 Å². The SMILES string of the molecule is c1ccc(N(c2ccc3c(c2)sc2ccc4ccccc4c23)c2ccc3oc4cc5cc6oc7ccc(N(c8ccccc8)c8ccc9c(c8)sc8ccc%10ccccc%10c89)cc7c6cc5cc4c3c2)cc1. The second-order valence-corrected chi connectivity index (χ2v) is 21.0. The number of benzene rings is 12. The minimum absolute atomic E-state index is 0.847. The molecule has 336 valence electrons. The standard InChI is InChI=1S/C66H38N2O2S2/c1-3-13-43(14-4-1)67(47-21-25-51-63(37-47)71-61-29-19-39-11-7-9-17-49(39)65(51)61)45-23-27-57-55(35-45)53-31-41-32-54-56-36-46(24-28-58(56)70-60(54)34-42(41)33-59(53)69-57)68(44-15-5-2-6-16-44)48-22-26-52-64(38-48)72-62-30-20-40-12-8-10-18-50(40)66(52)62/h1-38H. The summed E-state index contributed by atoms with van der Waals surface area (Å²) in [6.45, 7) is 0. The zero-order chi connectivity index (χ0) is 47.0. The van der Waals surface area contributed by atoms with Crippen LogP contribution in [0.25, 0.3) is 117 Å². The third-order valence-corrected chi connectivity index (χ3v) is 17.0. The molecule has 0 aliphatic heterocycles. The summed E-state index contributed by atoms with van der Waals surface area (Å²) < 4.78 is 18.4. The van der Waals surface area contributed by atoms with Crippen LogP contribution in [-0.4, -0.2) is 0 Å². The Kier molecular flexibility index (Phi) is 8.46. The van der Waals surface area contributed by atoms with Crippen molar-refractivity contribution in [1.29, 1.82) is 0 Å². The van der Waals surface area contributed by atoms with Crippen molar-refractivity contribution in [2.24, 2.45) is 0 Å². The quantitative estimate of drug-likeness (QED) is 0.166. The second kappa shape index (κ2) is 15.3. The molecule has 12 aromatic carbocycles. The molecule has 0 saturated carbocycles. The second-order valence-electron chi connectivity index (χ2n) is 18.8. The number of anilines is 6. The summed E-state index contributed by atoms with van der Waals surface area (Å²) in [7, 11) is 0. The lowest BCUT2D eigenvalue weighted by Gasteiger charge is -2.25. The van der Waals surface area contributed by atoms with E-state index in [2.05, 4.69) is 240 Å². The summed E-state index contributed by atoms with van der Waals surface area (Å²) in [5.74, 6) is 0. The molecule has 0 N–H and O–H groups in total. The Balaban J connectivity index is 0.820. The lowest BCUT2D eigenvalue weighted by atomic mass is 10.0. The molecule has 0 atom stereocenters. The van der Waals surface area contributed by atoms with Crippen molar-refractivity contribution in [2.75, 3.05) is 9.80 Å². The van der Waals surface area contributed by atoms with Crippen LogP contribution >= 0.6 is 22.7 Å². The average molecular weight is 955 g/mol. The van der Waals surface area contributed by atoms with Crippen molar-refractivity contribution < 1.29 is 8.83 Å². The van der Waals surface area contributed by atoms with Gasteiger partial charge >= 0.3 is 0 Å². The van der Waals surface area contributed by atoms with Crippen molar-refractivity contribution in [1.82, 2.24) is 0 Å². The fraction of sp³-hybridized carbons (Fsp3) is 0. The zero-order valence-corrected chi connectivity index (χ0v) is 40.1. The number of thiophene rings is 2. The molecule has 16 rings (SSSR count). The van der Waals surface area contributed by atoms with Gasteiger partial charge in [-0.3, -0.25) is 0 Å². The highest BCUT2D eigenvalue weighted by atomic mass is 32.1. The van der Waals surface area contributed by atoms with E-state index >= 15 is 0 Å². The van der Waals surface area contributed by atoms with Crippen molar-refractivity contribution >= 4 is 173 Å². The van der Waals surface area contributed by atoms with E-state index in [1.165, 1.54) is 61.9 Å². The number of para-hydroxylation sites is 2. The topological polar surface area (TPSA) is 32.8 Å². The fourth-order valence-electron chi connectivity index (χ4n) is 11.4. The first-order valence-corrected chi connectivity index (χ1v) is 25.9. The number of hydrogen-bond donors (Lipinski definition) is 0. The first-order chi connectivity index (χ1) is 35.6. The van der Waals surface area contributed by atoms with E-state index in [4.69, 9.17) is 8.83 Å². The summed E-state index contributed by atoms with van der Waals surface area (Å²) in [6.07, 6.45) is 0. The Morgan fingerprint density at radius 3 is 1.12 bits per heavy atom. The molecule has 0 fully saturated rings. The van der Waals surface area contributed by atoms with E-state index in [0.29, 0.717) is 0 Å². The van der Waals surface area contributed by atoms with Crippen LogP contribution in [-0.2, 0) is 0 Å². The van der Waals surface area contributed by atoms with E-state index in [9.17, 15) is 0 Å². The molecule has 4 aromatic heterocycles. The van der Waals surface area contributed by atoms with Crippen molar-refractivity contribution in [2.45, 2.75) is 0 Å². The molecule has 0 unspecified atom stereocenters. The van der Waals surface area contributed by atoms with E-state index in [-0.39, 0.29) is 0 Å². The van der Waals surface area contributed by atoms with E-state index in [1.54, 1.807) is 0 Å². The third kappa shape index (κ3) is 6.03. The van der Waals surface area contributed by atoms with Gasteiger partial charge in [-0.25, -0.2) is 0 Å². The Labute approximate surface area is 420 Å². The van der Waals surface area contributed by atoms with Gasteiger partial charge in [0.1, 0.15) is 22.3 Å². The molecular formula is C66H38N2O2S2. The number of hydrogen-bond acceptors (Lipinski definition) is 6. The lowest BCUT2D eigenvalue weighted by Crippen LogP contribution is -2.09. The molecule has 16 aromatic rings. The van der Waals surface area contributed by atoms with Gasteiger partial charge in [0.05, 0.1) is 0 Å². The highest BCUT2D eigenvalue weighted by Crippen LogP contribution is 2.47. The molecule has 0 amide bonds. The fourth-order valence-corrected chi connectivity index (χ4v) is 13.8. The molecule has 0 spiro atoms. The lowest BCUT2D eigenvalue weighted by molar-refractivity contribution is 0.668. The third-order valence-electron chi connectivity index (χ3n) is 14.7. The molecule has 4 heterocycles. The van der Waals surface area contributed by atoms with Crippen molar-refractivity contribution in [3.05, 3.63) is 231 Å². The largest absolute Gasteiger partial charge is 0.456 e. The highest BCUT2D eigenvalue weighted by Gasteiger charge is 2.21. The van der Waals surface area contributed by atoms with Crippen molar-refractivity contribution in [3.8, 4) is 0 Å². The predicted octanol–water partition coefficient (Wildman–Crippen LogP) is 20.6. The first kappa shape index (κ1) is 39.9. The van der Waals surface area contributed by atoms with Crippen LogP contribution in [0, 0.1) is 0 Å². The van der Waals surface area contributed by atoms with Gasteiger partial charge < -0.3 is 18.6 Å². The minimum Gasteiger partial charge on any atom is -0.456 e. The summed E-state index contributed by atoms with van der Waals surface area (Å²) in [4.78, 5) is 4.72. The van der Waals surface area contributed by atoms with Gasteiger partial charge in [-0.05, 0) is 154 Å². The Hall–Kier alpha value is -8.94. The van der Waals surface area contributed by atoms with E-state index < -0.39 is 0 Å². The highest BCUT2D eigenvalue weighted by molar-refractivity contribution is 7.26. The molecule has 6 heteroatoms. The molecule has 0 saturated heterocycles. The maximum Gasteiger partial charge on any atom is 0.136 e. The van der Waals surface area contributed by atoms with E-state index in [1.807, 2.05) is 22.7 Å². The molecular weight excluding hydrogens is 917 g/mol. The molecule has 72 heavy (non-hydrogen) atoms. The van der Waals surface area contributed by atoms with Gasteiger partial charge in [-0.2, -0.15) is 0 Å². The summed E-state index contributed by atoms with van der Waals surface area (Å²) in [5.41, 5.74) is 9.93. The van der Waals surface area contributed by atoms with Crippen LogP contribution in [0.1, 0.15) is 0 Å². The smallest absolute Gasteiger partial charge is 0.136 e. The zero-order valence-electron chi connectivity index (χ0n) is 38.5. The number of furan rings is 2. The summed E-state index contributed by atoms with van der Waals surface area (Å²) in [5, 5.41) is 16.8. The average Bonchev–Trinajstić information content (AvgIpc) is 4.20.